The lowest BCUT2D eigenvalue weighted by molar-refractivity contribution is 0.390. The molecule has 154 valence electrons. The van der Waals surface area contributed by atoms with E-state index in [0.717, 1.165) is 64.8 Å². The Bertz CT molecular complexity index is 1260. The molecule has 5 rings (SSSR count). The highest BCUT2D eigenvalue weighted by Crippen LogP contribution is 2.34. The van der Waals surface area contributed by atoms with Gasteiger partial charge in [0.15, 0.2) is 10.6 Å². The number of anilines is 1. The van der Waals surface area contributed by atoms with Crippen LogP contribution in [0.25, 0.3) is 21.9 Å². The van der Waals surface area contributed by atoms with Crippen molar-refractivity contribution in [2.45, 2.75) is 22.9 Å². The molecular weight excluding hydrogens is 418 g/mol. The first-order valence-electron chi connectivity index (χ1n) is 10.1. The van der Waals surface area contributed by atoms with E-state index in [9.17, 15) is 4.79 Å². The SMILES string of the molecule is O=c1cc[nH]c2c(Sc3nc4ccc(Cl)cc4[nH]3)ccc(NCC3CCNCC3)c12. The molecular formula is C22H22ClN5OS. The second-order valence-electron chi connectivity index (χ2n) is 7.58. The van der Waals surface area contributed by atoms with Gasteiger partial charge in [-0.05, 0) is 73.9 Å². The van der Waals surface area contributed by atoms with Gasteiger partial charge in [0, 0.05) is 34.4 Å². The first kappa shape index (κ1) is 19.5. The maximum Gasteiger partial charge on any atom is 0.191 e. The second-order valence-corrected chi connectivity index (χ2v) is 9.05. The van der Waals surface area contributed by atoms with Gasteiger partial charge in [0.05, 0.1) is 21.9 Å². The largest absolute Gasteiger partial charge is 0.384 e. The number of imidazole rings is 1. The monoisotopic (exact) mass is 439 g/mol. The summed E-state index contributed by atoms with van der Waals surface area (Å²) in [6.45, 7) is 3.00. The molecule has 8 heteroatoms. The highest BCUT2D eigenvalue weighted by molar-refractivity contribution is 7.99. The Kier molecular flexibility index (Phi) is 5.41. The Morgan fingerprint density at radius 3 is 2.90 bits per heavy atom. The average Bonchev–Trinajstić information content (AvgIpc) is 3.15. The van der Waals surface area contributed by atoms with Crippen LogP contribution in [0.5, 0.6) is 0 Å². The van der Waals surface area contributed by atoms with E-state index in [1.54, 1.807) is 12.3 Å². The predicted octanol–water partition coefficient (Wildman–Crippen LogP) is 4.62. The minimum Gasteiger partial charge on any atom is -0.384 e. The number of pyridine rings is 1. The number of nitrogens with one attached hydrogen (secondary N) is 4. The number of rotatable bonds is 5. The van der Waals surface area contributed by atoms with Crippen LogP contribution in [0, 0.1) is 5.92 Å². The molecule has 1 aliphatic rings. The Morgan fingerprint density at radius 2 is 2.03 bits per heavy atom. The van der Waals surface area contributed by atoms with Crippen molar-refractivity contribution in [2.75, 3.05) is 25.0 Å². The fraction of sp³-hybridized carbons (Fsp3) is 0.273. The Hall–Kier alpha value is -2.48. The van der Waals surface area contributed by atoms with Crippen molar-refractivity contribution in [1.82, 2.24) is 20.3 Å². The molecule has 0 saturated carbocycles. The number of aromatic amines is 2. The number of halogens is 1. The number of hydrogen-bond donors (Lipinski definition) is 4. The van der Waals surface area contributed by atoms with Gasteiger partial charge in [-0.3, -0.25) is 4.79 Å². The molecule has 30 heavy (non-hydrogen) atoms. The third-order valence-corrected chi connectivity index (χ3v) is 6.73. The van der Waals surface area contributed by atoms with Crippen molar-refractivity contribution in [2.24, 2.45) is 5.92 Å². The molecule has 6 nitrogen and oxygen atoms in total. The maximum absolute atomic E-state index is 12.7. The minimum absolute atomic E-state index is 0.00963. The highest BCUT2D eigenvalue weighted by atomic mass is 35.5. The van der Waals surface area contributed by atoms with E-state index >= 15 is 0 Å². The van der Waals surface area contributed by atoms with Gasteiger partial charge in [0.1, 0.15) is 0 Å². The Balaban J connectivity index is 1.46. The molecule has 4 N–H and O–H groups in total. The number of nitrogens with zero attached hydrogens (tertiary/aromatic N) is 1. The summed E-state index contributed by atoms with van der Waals surface area (Å²) in [5, 5.41) is 9.03. The molecule has 1 aliphatic heterocycles. The van der Waals surface area contributed by atoms with E-state index < -0.39 is 0 Å². The minimum atomic E-state index is 0.00963. The summed E-state index contributed by atoms with van der Waals surface area (Å²) in [6.07, 6.45) is 4.01. The molecule has 0 amide bonds. The third-order valence-electron chi connectivity index (χ3n) is 5.54. The third kappa shape index (κ3) is 3.93. The number of hydrogen-bond acceptors (Lipinski definition) is 5. The molecule has 0 unspecified atom stereocenters. The zero-order valence-corrected chi connectivity index (χ0v) is 17.9. The van der Waals surface area contributed by atoms with E-state index in [4.69, 9.17) is 11.6 Å². The van der Waals surface area contributed by atoms with Crippen molar-refractivity contribution >= 4 is 51.0 Å². The van der Waals surface area contributed by atoms with E-state index in [1.165, 1.54) is 11.8 Å². The van der Waals surface area contributed by atoms with E-state index in [0.29, 0.717) is 16.3 Å². The summed E-state index contributed by atoms with van der Waals surface area (Å²) in [6, 6.07) is 11.2. The van der Waals surface area contributed by atoms with Gasteiger partial charge in [0.25, 0.3) is 0 Å². The van der Waals surface area contributed by atoms with Gasteiger partial charge in [-0.2, -0.15) is 0 Å². The molecule has 1 saturated heterocycles. The molecule has 0 spiro atoms. The van der Waals surface area contributed by atoms with E-state index in [-0.39, 0.29) is 5.43 Å². The van der Waals surface area contributed by atoms with Gasteiger partial charge < -0.3 is 20.6 Å². The summed E-state index contributed by atoms with van der Waals surface area (Å²) >= 11 is 7.58. The second kappa shape index (κ2) is 8.34. The first-order chi connectivity index (χ1) is 14.7. The lowest BCUT2D eigenvalue weighted by Crippen LogP contribution is -2.31. The predicted molar refractivity (Wildman–Crippen MR) is 124 cm³/mol. The van der Waals surface area contributed by atoms with Crippen molar-refractivity contribution < 1.29 is 0 Å². The van der Waals surface area contributed by atoms with Crippen LogP contribution in [0.4, 0.5) is 5.69 Å². The molecule has 4 aromatic rings. The van der Waals surface area contributed by atoms with Crippen LogP contribution in [0.3, 0.4) is 0 Å². The van der Waals surface area contributed by atoms with Crippen LogP contribution in [0.15, 0.2) is 57.4 Å². The molecule has 3 heterocycles. The standard InChI is InChI=1S/C22H22ClN5OS/c23-14-1-2-15-17(11-14)28-22(27-15)30-19-4-3-16(20-18(29)7-10-25-21(19)20)26-12-13-5-8-24-9-6-13/h1-4,7,10-11,13,24,26H,5-6,8-9,12H2,(H,25,29)(H,27,28). The summed E-state index contributed by atoms with van der Waals surface area (Å²) in [4.78, 5) is 24.9. The molecule has 2 aromatic carbocycles. The number of benzene rings is 2. The van der Waals surface area contributed by atoms with Crippen molar-refractivity contribution in [1.29, 1.82) is 0 Å². The van der Waals surface area contributed by atoms with Gasteiger partial charge in [-0.1, -0.05) is 11.6 Å². The smallest absolute Gasteiger partial charge is 0.191 e. The summed E-state index contributed by atoms with van der Waals surface area (Å²) < 4.78 is 0. The summed E-state index contributed by atoms with van der Waals surface area (Å²) in [7, 11) is 0. The topological polar surface area (TPSA) is 85.6 Å². The van der Waals surface area contributed by atoms with Crippen molar-refractivity contribution in [3.05, 3.63) is 57.8 Å². The quantitative estimate of drug-likeness (QED) is 0.364. The van der Waals surface area contributed by atoms with Crippen molar-refractivity contribution in [3.63, 3.8) is 0 Å². The lowest BCUT2D eigenvalue weighted by Gasteiger charge is -2.23. The van der Waals surface area contributed by atoms with Crippen LogP contribution < -0.4 is 16.1 Å². The van der Waals surface area contributed by atoms with Gasteiger partial charge >= 0.3 is 0 Å². The fourth-order valence-electron chi connectivity index (χ4n) is 3.95. The zero-order chi connectivity index (χ0) is 20.5. The normalized spacial score (nSPS) is 15.1. The molecule has 0 bridgehead atoms. The first-order valence-corrected chi connectivity index (χ1v) is 11.3. The molecule has 1 fully saturated rings. The fourth-order valence-corrected chi connectivity index (χ4v) is 5.03. The van der Waals surface area contributed by atoms with Crippen LogP contribution in [-0.2, 0) is 0 Å². The van der Waals surface area contributed by atoms with Crippen LogP contribution in [-0.4, -0.2) is 34.6 Å². The van der Waals surface area contributed by atoms with Gasteiger partial charge in [0.2, 0.25) is 0 Å². The maximum atomic E-state index is 12.7. The average molecular weight is 440 g/mol. The summed E-state index contributed by atoms with van der Waals surface area (Å²) in [5.41, 5.74) is 3.46. The Labute approximate surface area is 182 Å². The van der Waals surface area contributed by atoms with Crippen LogP contribution >= 0.6 is 23.4 Å². The lowest BCUT2D eigenvalue weighted by atomic mass is 9.98. The number of fused-ring (bicyclic) bond motifs is 2. The van der Waals surface area contributed by atoms with Crippen LogP contribution in [0.2, 0.25) is 5.02 Å². The van der Waals surface area contributed by atoms with E-state index in [1.807, 2.05) is 30.3 Å². The van der Waals surface area contributed by atoms with Crippen molar-refractivity contribution in [3.8, 4) is 0 Å². The summed E-state index contributed by atoms with van der Waals surface area (Å²) in [5.74, 6) is 0.625. The number of aromatic nitrogens is 3. The molecule has 2 aromatic heterocycles. The molecule has 0 atom stereocenters. The Morgan fingerprint density at radius 1 is 1.17 bits per heavy atom. The number of H-pyrrole nitrogens is 2. The van der Waals surface area contributed by atoms with Crippen LogP contribution in [0.1, 0.15) is 12.8 Å². The zero-order valence-electron chi connectivity index (χ0n) is 16.3. The molecule has 0 radical (unpaired) electrons. The van der Waals surface area contributed by atoms with E-state index in [2.05, 4.69) is 25.6 Å². The number of piperidine rings is 1. The van der Waals surface area contributed by atoms with Gasteiger partial charge in [-0.15, -0.1) is 0 Å². The van der Waals surface area contributed by atoms with Gasteiger partial charge in [-0.25, -0.2) is 4.98 Å². The molecule has 0 aliphatic carbocycles. The highest BCUT2D eigenvalue weighted by Gasteiger charge is 2.16.